The lowest BCUT2D eigenvalue weighted by Crippen LogP contribution is -2.35. The maximum atomic E-state index is 12.9. The van der Waals surface area contributed by atoms with Gasteiger partial charge in [-0.2, -0.15) is 15.1 Å². The Hall–Kier alpha value is -3.46. The van der Waals surface area contributed by atoms with Crippen molar-refractivity contribution in [2.45, 2.75) is 52.9 Å². The van der Waals surface area contributed by atoms with Crippen molar-refractivity contribution in [1.82, 2.24) is 14.5 Å². The van der Waals surface area contributed by atoms with Crippen LogP contribution < -0.4 is 0 Å². The predicted octanol–water partition coefficient (Wildman–Crippen LogP) is 4.85. The van der Waals surface area contributed by atoms with E-state index in [2.05, 4.69) is 52.8 Å². The molecule has 2 aromatic rings. The lowest BCUT2D eigenvalue weighted by atomic mass is 10.0. The van der Waals surface area contributed by atoms with Crippen molar-refractivity contribution >= 4 is 45.7 Å². The molecule has 0 aliphatic carbocycles. The zero-order valence-electron chi connectivity index (χ0n) is 21.0. The van der Waals surface area contributed by atoms with Gasteiger partial charge in [-0.1, -0.05) is 26.0 Å². The Labute approximate surface area is 215 Å². The Kier molecular flexibility index (Phi) is 6.42. The highest BCUT2D eigenvalue weighted by molar-refractivity contribution is 8.27. The number of amidine groups is 2. The third-order valence-electron chi connectivity index (χ3n) is 6.85. The summed E-state index contributed by atoms with van der Waals surface area (Å²) in [6, 6.07) is 10.5. The number of nitrogens with one attached hydrogen (secondary N) is 1. The maximum Gasteiger partial charge on any atom is 0.283 e. The summed E-state index contributed by atoms with van der Waals surface area (Å²) in [5.74, 6) is 0.00583. The number of hydrogen-bond donors (Lipinski definition) is 1. The van der Waals surface area contributed by atoms with E-state index in [-0.39, 0.29) is 23.7 Å². The summed E-state index contributed by atoms with van der Waals surface area (Å²) >= 11 is 1.19. The molecule has 0 atom stereocenters. The minimum atomic E-state index is -0.466. The first-order valence-corrected chi connectivity index (χ1v) is 13.1. The fourth-order valence-corrected chi connectivity index (χ4v) is 5.68. The molecule has 3 aliphatic rings. The number of fused-ring (bicyclic) bond motifs is 1. The SMILES string of the molecule is Cc1cc(/C=C2\C(=N)N3N=C(CC(=O)N4CCCC4)SC3=NC2=O)c(C)n1-c1ccc(C(C)C)cc1. The molecule has 1 saturated heterocycles. The summed E-state index contributed by atoms with van der Waals surface area (Å²) in [4.78, 5) is 31.5. The summed E-state index contributed by atoms with van der Waals surface area (Å²) in [6.07, 6.45) is 3.94. The third kappa shape index (κ3) is 4.43. The second kappa shape index (κ2) is 9.54. The van der Waals surface area contributed by atoms with E-state index >= 15 is 0 Å². The van der Waals surface area contributed by atoms with Crippen molar-refractivity contribution in [2.24, 2.45) is 10.1 Å². The number of aromatic nitrogens is 1. The summed E-state index contributed by atoms with van der Waals surface area (Å²) in [5.41, 5.74) is 5.39. The van der Waals surface area contributed by atoms with Crippen LogP contribution in [0.5, 0.6) is 0 Å². The molecule has 1 aromatic heterocycles. The van der Waals surface area contributed by atoms with Crippen LogP contribution in [0.1, 0.15) is 61.5 Å². The highest BCUT2D eigenvalue weighted by atomic mass is 32.2. The number of nitrogens with zero attached hydrogens (tertiary/aromatic N) is 5. The molecule has 0 radical (unpaired) electrons. The van der Waals surface area contributed by atoms with Gasteiger partial charge in [0.25, 0.3) is 5.91 Å². The second-order valence-electron chi connectivity index (χ2n) is 9.69. The molecule has 0 bridgehead atoms. The van der Waals surface area contributed by atoms with E-state index in [1.807, 2.05) is 24.8 Å². The number of aliphatic imine (C=N–C) groups is 1. The van der Waals surface area contributed by atoms with E-state index in [4.69, 9.17) is 5.41 Å². The van der Waals surface area contributed by atoms with Gasteiger partial charge in [-0.05, 0) is 79.8 Å². The van der Waals surface area contributed by atoms with Crippen LogP contribution in [0.2, 0.25) is 0 Å². The van der Waals surface area contributed by atoms with Gasteiger partial charge < -0.3 is 9.47 Å². The summed E-state index contributed by atoms with van der Waals surface area (Å²) < 4.78 is 2.15. The number of hydrazone groups is 1. The molecule has 0 saturated carbocycles. The van der Waals surface area contributed by atoms with Gasteiger partial charge in [-0.3, -0.25) is 15.0 Å². The van der Waals surface area contributed by atoms with E-state index in [0.717, 1.165) is 48.6 Å². The quantitative estimate of drug-likeness (QED) is 0.592. The summed E-state index contributed by atoms with van der Waals surface area (Å²) in [5, 5.41) is 15.4. The molecular weight excluding hydrogens is 472 g/mol. The van der Waals surface area contributed by atoms with Gasteiger partial charge in [-0.15, -0.1) is 0 Å². The molecule has 0 unspecified atom stereocenters. The van der Waals surface area contributed by atoms with Crippen molar-refractivity contribution in [3.05, 3.63) is 58.4 Å². The number of benzene rings is 1. The molecule has 8 nitrogen and oxygen atoms in total. The highest BCUT2D eigenvalue weighted by Gasteiger charge is 2.36. The number of carbonyl (C=O) groups excluding carboxylic acids is 2. The first kappa shape index (κ1) is 24.2. The largest absolute Gasteiger partial charge is 0.342 e. The van der Waals surface area contributed by atoms with Crippen molar-refractivity contribution < 1.29 is 9.59 Å². The van der Waals surface area contributed by atoms with Crippen molar-refractivity contribution in [1.29, 1.82) is 5.41 Å². The van der Waals surface area contributed by atoms with Crippen LogP contribution >= 0.6 is 11.8 Å². The fraction of sp³-hybridized carbons (Fsp3) is 0.370. The van der Waals surface area contributed by atoms with Gasteiger partial charge in [0, 0.05) is 30.2 Å². The molecule has 1 fully saturated rings. The van der Waals surface area contributed by atoms with Gasteiger partial charge in [0.2, 0.25) is 11.1 Å². The first-order valence-electron chi connectivity index (χ1n) is 12.3. The smallest absolute Gasteiger partial charge is 0.283 e. The van der Waals surface area contributed by atoms with Gasteiger partial charge in [0.1, 0.15) is 5.04 Å². The van der Waals surface area contributed by atoms with Crippen LogP contribution in [0.3, 0.4) is 0 Å². The Morgan fingerprint density at radius 3 is 2.53 bits per heavy atom. The second-order valence-corrected chi connectivity index (χ2v) is 10.7. The number of aryl methyl sites for hydroxylation is 1. The zero-order chi connectivity index (χ0) is 25.6. The lowest BCUT2D eigenvalue weighted by Gasteiger charge is -2.20. The molecule has 4 heterocycles. The van der Waals surface area contributed by atoms with Gasteiger partial charge >= 0.3 is 0 Å². The number of hydrogen-bond acceptors (Lipinski definition) is 5. The van der Waals surface area contributed by atoms with Crippen LogP contribution in [0.4, 0.5) is 0 Å². The molecule has 1 N–H and O–H groups in total. The van der Waals surface area contributed by atoms with Crippen molar-refractivity contribution in [3.8, 4) is 5.69 Å². The molecule has 36 heavy (non-hydrogen) atoms. The summed E-state index contributed by atoms with van der Waals surface area (Å²) in [7, 11) is 0. The van der Waals surface area contributed by atoms with Gasteiger partial charge in [0.05, 0.1) is 12.0 Å². The average Bonchev–Trinajstić information content (AvgIpc) is 3.57. The van der Waals surface area contributed by atoms with Crippen molar-refractivity contribution in [3.63, 3.8) is 0 Å². The topological polar surface area (TPSA) is 94.1 Å². The normalized spacial score (nSPS) is 18.9. The van der Waals surface area contributed by atoms with Crippen LogP contribution in [0, 0.1) is 19.3 Å². The van der Waals surface area contributed by atoms with Crippen LogP contribution in [0.25, 0.3) is 11.8 Å². The third-order valence-corrected chi connectivity index (χ3v) is 7.75. The van der Waals surface area contributed by atoms with E-state index in [9.17, 15) is 9.59 Å². The molecule has 2 amide bonds. The van der Waals surface area contributed by atoms with Crippen LogP contribution in [0.15, 0.2) is 46.0 Å². The Morgan fingerprint density at radius 1 is 1.17 bits per heavy atom. The van der Waals surface area contributed by atoms with Crippen LogP contribution in [-0.2, 0) is 9.59 Å². The van der Waals surface area contributed by atoms with Gasteiger partial charge in [0.15, 0.2) is 5.84 Å². The molecule has 186 valence electrons. The standard InChI is InChI=1S/C27H30N6O2S/c1-16(2)19-7-9-21(10-8-19)32-17(3)13-20(18(32)4)14-22-25(28)33-27(29-26(22)35)36-23(30-33)15-24(34)31-11-5-6-12-31/h7-10,13-14,16,28H,5-6,11-12,15H2,1-4H3/b22-14+,28-25?. The number of rotatable bonds is 5. The molecular formula is C27H30N6O2S. The molecule has 1 aromatic carbocycles. The number of amides is 2. The monoisotopic (exact) mass is 502 g/mol. The van der Waals surface area contributed by atoms with Crippen molar-refractivity contribution in [2.75, 3.05) is 13.1 Å². The fourth-order valence-electron chi connectivity index (χ4n) is 4.81. The minimum Gasteiger partial charge on any atom is -0.342 e. The first-order chi connectivity index (χ1) is 17.2. The van der Waals surface area contributed by atoms with E-state index in [0.29, 0.717) is 16.1 Å². The van der Waals surface area contributed by atoms with E-state index in [1.165, 1.54) is 22.3 Å². The van der Waals surface area contributed by atoms with E-state index < -0.39 is 5.91 Å². The minimum absolute atomic E-state index is 0.0211. The van der Waals surface area contributed by atoms with Gasteiger partial charge in [-0.25, -0.2) is 0 Å². The Morgan fingerprint density at radius 2 is 1.86 bits per heavy atom. The van der Waals surface area contributed by atoms with Crippen LogP contribution in [-0.4, -0.2) is 55.4 Å². The van der Waals surface area contributed by atoms with E-state index in [1.54, 1.807) is 6.08 Å². The number of carbonyl (C=O) groups is 2. The predicted molar refractivity (Wildman–Crippen MR) is 145 cm³/mol. The Balaban J connectivity index is 1.40. The lowest BCUT2D eigenvalue weighted by molar-refractivity contribution is -0.128. The molecule has 3 aliphatic heterocycles. The number of thioether (sulfide) groups is 1. The number of likely N-dealkylation sites (tertiary alicyclic amines) is 1. The molecule has 9 heteroatoms. The maximum absolute atomic E-state index is 12.9. The highest BCUT2D eigenvalue weighted by Crippen LogP contribution is 2.31. The zero-order valence-corrected chi connectivity index (χ0v) is 21.9. The molecule has 0 spiro atoms. The Bertz CT molecular complexity index is 1340. The molecule has 5 rings (SSSR count). The summed E-state index contributed by atoms with van der Waals surface area (Å²) in [6.45, 7) is 9.94. The average molecular weight is 503 g/mol.